The molecule has 4 heteroatoms. The van der Waals surface area contributed by atoms with Crippen LogP contribution in [0.5, 0.6) is 17.2 Å². The number of benzene rings is 1. The van der Waals surface area contributed by atoms with E-state index in [9.17, 15) is 9.90 Å². The molecule has 0 aliphatic rings. The van der Waals surface area contributed by atoms with E-state index >= 15 is 0 Å². The number of carbonyl (C=O) groups excluding carboxylic acids is 1. The van der Waals surface area contributed by atoms with E-state index in [1.54, 1.807) is 6.92 Å². The Morgan fingerprint density at radius 3 is 2.43 bits per heavy atom. The van der Waals surface area contributed by atoms with Crippen LogP contribution in [0, 0.1) is 6.92 Å². The summed E-state index contributed by atoms with van der Waals surface area (Å²) in [6, 6.07) is 1.39. The third-order valence-corrected chi connectivity index (χ3v) is 2.04. The second-order valence-electron chi connectivity index (χ2n) is 2.79. The molecule has 1 aromatic rings. The fourth-order valence-electron chi connectivity index (χ4n) is 1.33. The summed E-state index contributed by atoms with van der Waals surface area (Å²) in [6.45, 7) is 1.75. The van der Waals surface area contributed by atoms with Crippen molar-refractivity contribution in [3.63, 3.8) is 0 Å². The van der Waals surface area contributed by atoms with Gasteiger partial charge in [0.25, 0.3) is 0 Å². The number of carbonyl (C=O) groups is 1. The van der Waals surface area contributed by atoms with Gasteiger partial charge >= 0.3 is 0 Å². The smallest absolute Gasteiger partial charge is 0.157 e. The second kappa shape index (κ2) is 4.00. The normalized spacial score (nSPS) is 9.64. The highest BCUT2D eigenvalue weighted by Crippen LogP contribution is 2.36. The van der Waals surface area contributed by atoms with Crippen molar-refractivity contribution in [3.05, 3.63) is 17.2 Å². The van der Waals surface area contributed by atoms with Crippen LogP contribution in [0.4, 0.5) is 0 Å². The standard InChI is InChI=1S/C10H12O4/c1-6-9(13-2)4-8(12)7(5-11)10(6)14-3/h4-5,12H,1-3H3. The topological polar surface area (TPSA) is 55.8 Å². The van der Waals surface area contributed by atoms with Crippen LogP contribution in [0.25, 0.3) is 0 Å². The third kappa shape index (κ3) is 1.51. The first kappa shape index (κ1) is 10.4. The van der Waals surface area contributed by atoms with Crippen LogP contribution in [0.3, 0.4) is 0 Å². The van der Waals surface area contributed by atoms with Crippen molar-refractivity contribution >= 4 is 6.29 Å². The second-order valence-corrected chi connectivity index (χ2v) is 2.79. The summed E-state index contributed by atoms with van der Waals surface area (Å²) in [4.78, 5) is 10.7. The number of phenols is 1. The molecule has 14 heavy (non-hydrogen) atoms. The van der Waals surface area contributed by atoms with Crippen molar-refractivity contribution in [3.8, 4) is 17.2 Å². The highest BCUT2D eigenvalue weighted by Gasteiger charge is 2.15. The molecule has 1 aromatic carbocycles. The number of rotatable bonds is 3. The van der Waals surface area contributed by atoms with Gasteiger partial charge in [-0.3, -0.25) is 4.79 Å². The van der Waals surface area contributed by atoms with Gasteiger partial charge in [-0.25, -0.2) is 0 Å². The van der Waals surface area contributed by atoms with Crippen LogP contribution in [-0.4, -0.2) is 25.6 Å². The maximum Gasteiger partial charge on any atom is 0.157 e. The molecule has 0 amide bonds. The average molecular weight is 196 g/mol. The Bertz CT molecular complexity index is 358. The summed E-state index contributed by atoms with van der Waals surface area (Å²) in [7, 11) is 2.93. The molecule has 1 rings (SSSR count). The molecule has 0 aliphatic heterocycles. The Morgan fingerprint density at radius 2 is 2.00 bits per heavy atom. The molecule has 0 saturated heterocycles. The highest BCUT2D eigenvalue weighted by molar-refractivity contribution is 5.85. The van der Waals surface area contributed by atoms with Crippen molar-refractivity contribution < 1.29 is 19.4 Å². The first-order valence-corrected chi connectivity index (χ1v) is 4.05. The van der Waals surface area contributed by atoms with Crippen molar-refractivity contribution in [1.82, 2.24) is 0 Å². The minimum Gasteiger partial charge on any atom is -0.507 e. The number of aromatic hydroxyl groups is 1. The van der Waals surface area contributed by atoms with Gasteiger partial charge in [0.05, 0.1) is 19.8 Å². The minimum absolute atomic E-state index is 0.140. The van der Waals surface area contributed by atoms with E-state index < -0.39 is 0 Å². The number of aldehydes is 1. The van der Waals surface area contributed by atoms with Crippen molar-refractivity contribution in [2.75, 3.05) is 14.2 Å². The van der Waals surface area contributed by atoms with Gasteiger partial charge in [-0.2, -0.15) is 0 Å². The molecule has 1 N–H and O–H groups in total. The monoisotopic (exact) mass is 196 g/mol. The number of ether oxygens (including phenoxy) is 2. The largest absolute Gasteiger partial charge is 0.507 e. The van der Waals surface area contributed by atoms with E-state index in [4.69, 9.17) is 9.47 Å². The van der Waals surface area contributed by atoms with E-state index in [2.05, 4.69) is 0 Å². The van der Waals surface area contributed by atoms with Crippen molar-refractivity contribution in [2.45, 2.75) is 6.92 Å². The maximum atomic E-state index is 10.7. The van der Waals surface area contributed by atoms with Gasteiger partial charge in [0.15, 0.2) is 6.29 Å². The Kier molecular flexibility index (Phi) is 2.96. The molecule has 0 spiro atoms. The predicted molar refractivity (Wildman–Crippen MR) is 51.3 cm³/mol. The molecular formula is C10H12O4. The summed E-state index contributed by atoms with van der Waals surface area (Å²) >= 11 is 0. The van der Waals surface area contributed by atoms with Gasteiger partial charge < -0.3 is 14.6 Å². The van der Waals surface area contributed by atoms with Crippen LogP contribution >= 0.6 is 0 Å². The van der Waals surface area contributed by atoms with E-state index in [1.807, 2.05) is 0 Å². The average Bonchev–Trinajstić information content (AvgIpc) is 2.20. The molecule has 0 fully saturated rings. The highest BCUT2D eigenvalue weighted by atomic mass is 16.5. The quantitative estimate of drug-likeness (QED) is 0.745. The molecule has 0 aromatic heterocycles. The van der Waals surface area contributed by atoms with Crippen LogP contribution in [0.2, 0.25) is 0 Å². The molecule has 0 aliphatic carbocycles. The minimum atomic E-state index is -0.140. The third-order valence-electron chi connectivity index (χ3n) is 2.04. The zero-order chi connectivity index (χ0) is 10.7. The van der Waals surface area contributed by atoms with Gasteiger partial charge in [0, 0.05) is 11.6 Å². The lowest BCUT2D eigenvalue weighted by molar-refractivity contribution is 0.111. The fourth-order valence-corrected chi connectivity index (χ4v) is 1.33. The van der Waals surface area contributed by atoms with Gasteiger partial charge in [-0.05, 0) is 6.92 Å². The number of hydrogen-bond acceptors (Lipinski definition) is 4. The van der Waals surface area contributed by atoms with E-state index in [-0.39, 0.29) is 11.3 Å². The zero-order valence-corrected chi connectivity index (χ0v) is 8.33. The van der Waals surface area contributed by atoms with Gasteiger partial charge in [0.2, 0.25) is 0 Å². The molecule has 0 atom stereocenters. The van der Waals surface area contributed by atoms with Crippen molar-refractivity contribution in [2.24, 2.45) is 0 Å². The van der Waals surface area contributed by atoms with E-state index in [1.165, 1.54) is 20.3 Å². The lowest BCUT2D eigenvalue weighted by atomic mass is 10.1. The van der Waals surface area contributed by atoms with Gasteiger partial charge in [-0.1, -0.05) is 0 Å². The molecule has 0 radical (unpaired) electrons. The van der Waals surface area contributed by atoms with E-state index in [0.29, 0.717) is 23.3 Å². The van der Waals surface area contributed by atoms with Gasteiger partial charge in [0.1, 0.15) is 17.2 Å². The maximum absolute atomic E-state index is 10.7. The van der Waals surface area contributed by atoms with Gasteiger partial charge in [-0.15, -0.1) is 0 Å². The lowest BCUT2D eigenvalue weighted by Gasteiger charge is -2.12. The number of phenolic OH excluding ortho intramolecular Hbond substituents is 1. The Morgan fingerprint density at radius 1 is 1.36 bits per heavy atom. The Labute approximate surface area is 82.1 Å². The first-order chi connectivity index (χ1) is 6.65. The summed E-state index contributed by atoms with van der Waals surface area (Å²) in [5.74, 6) is 0.695. The lowest BCUT2D eigenvalue weighted by Crippen LogP contribution is -1.97. The fraction of sp³-hybridized carbons (Fsp3) is 0.300. The summed E-state index contributed by atoms with van der Waals surface area (Å²) in [5, 5.41) is 9.47. The van der Waals surface area contributed by atoms with Crippen LogP contribution in [-0.2, 0) is 0 Å². The molecule has 0 bridgehead atoms. The van der Waals surface area contributed by atoms with Crippen LogP contribution in [0.1, 0.15) is 15.9 Å². The Hall–Kier alpha value is -1.71. The molecule has 0 heterocycles. The van der Waals surface area contributed by atoms with Crippen LogP contribution in [0.15, 0.2) is 6.07 Å². The Balaban J connectivity index is 3.47. The predicted octanol–water partition coefficient (Wildman–Crippen LogP) is 1.53. The summed E-state index contributed by atoms with van der Waals surface area (Å²) in [6.07, 6.45) is 0.556. The summed E-state index contributed by atoms with van der Waals surface area (Å²) in [5.41, 5.74) is 0.834. The van der Waals surface area contributed by atoms with E-state index in [0.717, 1.165) is 0 Å². The number of hydrogen-bond donors (Lipinski definition) is 1. The SMILES string of the molecule is COc1cc(O)c(C=O)c(OC)c1C. The molecule has 0 unspecified atom stereocenters. The molecule has 76 valence electrons. The molecule has 0 saturated carbocycles. The molecule has 4 nitrogen and oxygen atoms in total. The zero-order valence-electron chi connectivity index (χ0n) is 8.33. The molecular weight excluding hydrogens is 184 g/mol. The number of methoxy groups -OCH3 is 2. The van der Waals surface area contributed by atoms with Crippen molar-refractivity contribution in [1.29, 1.82) is 0 Å². The first-order valence-electron chi connectivity index (χ1n) is 4.05. The summed E-state index contributed by atoms with van der Waals surface area (Å²) < 4.78 is 10.0. The van der Waals surface area contributed by atoms with Crippen LogP contribution < -0.4 is 9.47 Å².